The molecule has 0 aromatic carbocycles. The lowest BCUT2D eigenvalue weighted by atomic mass is 9.91. The molecule has 2 heteroatoms. The Kier molecular flexibility index (Phi) is 2.81. The molecule has 94 valence electrons. The molecule has 0 amide bonds. The Hall–Kier alpha value is -0.890. The van der Waals surface area contributed by atoms with E-state index < -0.39 is 0 Å². The first-order valence-corrected chi connectivity index (χ1v) is 6.42. The van der Waals surface area contributed by atoms with Crippen LogP contribution in [-0.2, 0) is 18.5 Å². The normalized spacial score (nSPS) is 17.3. The van der Waals surface area contributed by atoms with Crippen LogP contribution in [0.15, 0.2) is 12.1 Å². The van der Waals surface area contributed by atoms with Crippen LogP contribution in [0.25, 0.3) is 0 Å². The molecule has 0 unspecified atom stereocenters. The fourth-order valence-corrected chi connectivity index (χ4v) is 2.15. The lowest BCUT2D eigenvalue weighted by Gasteiger charge is -2.31. The van der Waals surface area contributed by atoms with Gasteiger partial charge in [-0.2, -0.15) is 0 Å². The minimum Gasteiger partial charge on any atom is -0.288 e. The highest BCUT2D eigenvalue weighted by Crippen LogP contribution is 2.30. The number of hydrogen-bond acceptors (Lipinski definition) is 2. The van der Waals surface area contributed by atoms with Gasteiger partial charge in [-0.05, 0) is 32.4 Å². The lowest BCUT2D eigenvalue weighted by molar-refractivity contribution is 0.135. The number of pyridine rings is 1. The molecule has 1 aromatic rings. The predicted octanol–water partition coefficient (Wildman–Crippen LogP) is 3.49. The molecule has 0 spiro atoms. The molecule has 0 radical (unpaired) electrons. The summed E-state index contributed by atoms with van der Waals surface area (Å²) >= 11 is 0. The number of fused-ring (bicyclic) bond motifs is 1. The van der Waals surface area contributed by atoms with Crippen LogP contribution in [0.1, 0.15) is 58.5 Å². The third-order valence-electron chi connectivity index (χ3n) is 3.49. The van der Waals surface area contributed by atoms with E-state index in [1.165, 1.54) is 17.0 Å². The Morgan fingerprint density at radius 2 is 1.65 bits per heavy atom. The molecule has 1 aliphatic heterocycles. The maximum atomic E-state index is 4.85. The number of aromatic nitrogens is 1. The first-order valence-electron chi connectivity index (χ1n) is 6.42. The Labute approximate surface area is 105 Å². The van der Waals surface area contributed by atoms with Crippen LogP contribution in [0, 0.1) is 0 Å². The number of nitrogens with zero attached hydrogens (tertiary/aromatic N) is 2. The summed E-state index contributed by atoms with van der Waals surface area (Å²) in [6, 6.07) is 4.44. The lowest BCUT2D eigenvalue weighted by Crippen LogP contribution is -2.36. The fraction of sp³-hybridized carbons (Fsp3) is 0.667. The highest BCUT2D eigenvalue weighted by molar-refractivity contribution is 5.29. The van der Waals surface area contributed by atoms with Crippen molar-refractivity contribution in [3.63, 3.8) is 0 Å². The first-order chi connectivity index (χ1) is 7.68. The average molecular weight is 232 g/mol. The van der Waals surface area contributed by atoms with Crippen molar-refractivity contribution >= 4 is 0 Å². The summed E-state index contributed by atoms with van der Waals surface area (Å²) in [6.45, 7) is 15.5. The van der Waals surface area contributed by atoms with Crippen LogP contribution in [0.2, 0.25) is 0 Å². The van der Waals surface area contributed by atoms with E-state index in [4.69, 9.17) is 4.98 Å². The molecule has 0 saturated heterocycles. The molecule has 2 heterocycles. The average Bonchev–Trinajstić information content (AvgIpc) is 2.57. The smallest absolute Gasteiger partial charge is 0.0592 e. The van der Waals surface area contributed by atoms with Crippen molar-refractivity contribution in [2.45, 2.75) is 65.6 Å². The quantitative estimate of drug-likeness (QED) is 0.680. The summed E-state index contributed by atoms with van der Waals surface area (Å²) < 4.78 is 0. The molecule has 1 aromatic heterocycles. The third-order valence-corrected chi connectivity index (χ3v) is 3.49. The Morgan fingerprint density at radius 1 is 1.00 bits per heavy atom. The molecule has 2 rings (SSSR count). The summed E-state index contributed by atoms with van der Waals surface area (Å²) in [4.78, 5) is 7.33. The highest BCUT2D eigenvalue weighted by Gasteiger charge is 2.29. The van der Waals surface area contributed by atoms with Crippen LogP contribution < -0.4 is 0 Å². The fourth-order valence-electron chi connectivity index (χ4n) is 2.15. The topological polar surface area (TPSA) is 16.1 Å². The van der Waals surface area contributed by atoms with Gasteiger partial charge in [0.05, 0.1) is 5.69 Å². The molecule has 0 N–H and O–H groups in total. The van der Waals surface area contributed by atoms with E-state index in [2.05, 4.69) is 58.6 Å². The van der Waals surface area contributed by atoms with Gasteiger partial charge in [-0.3, -0.25) is 9.88 Å². The van der Waals surface area contributed by atoms with Gasteiger partial charge >= 0.3 is 0 Å². The standard InChI is InChI=1S/C15H24N2/c1-14(2,3)13-8-7-11-9-17(15(4,5)6)10-12(11)16-13/h7-8H,9-10H2,1-6H3. The van der Waals surface area contributed by atoms with Crippen LogP contribution >= 0.6 is 0 Å². The zero-order chi connectivity index (χ0) is 12.8. The SMILES string of the molecule is CC(C)(C)c1ccc2c(n1)CN(C(C)(C)C)C2. The largest absolute Gasteiger partial charge is 0.288 e. The van der Waals surface area contributed by atoms with Crippen molar-refractivity contribution in [1.29, 1.82) is 0 Å². The van der Waals surface area contributed by atoms with Gasteiger partial charge in [0, 0.05) is 29.7 Å². The van der Waals surface area contributed by atoms with E-state index in [0.717, 1.165) is 13.1 Å². The zero-order valence-electron chi connectivity index (χ0n) is 12.0. The van der Waals surface area contributed by atoms with Crippen molar-refractivity contribution in [3.05, 3.63) is 29.1 Å². The van der Waals surface area contributed by atoms with Crippen molar-refractivity contribution < 1.29 is 0 Å². The van der Waals surface area contributed by atoms with Gasteiger partial charge < -0.3 is 0 Å². The van der Waals surface area contributed by atoms with E-state index in [-0.39, 0.29) is 11.0 Å². The molecule has 1 aliphatic rings. The second kappa shape index (κ2) is 3.81. The monoisotopic (exact) mass is 232 g/mol. The molecule has 17 heavy (non-hydrogen) atoms. The first kappa shape index (κ1) is 12.6. The summed E-state index contributed by atoms with van der Waals surface area (Å²) in [5.74, 6) is 0. The van der Waals surface area contributed by atoms with Crippen molar-refractivity contribution in [1.82, 2.24) is 9.88 Å². The van der Waals surface area contributed by atoms with Crippen molar-refractivity contribution in [2.24, 2.45) is 0 Å². The van der Waals surface area contributed by atoms with Gasteiger partial charge in [-0.25, -0.2) is 0 Å². The summed E-state index contributed by atoms with van der Waals surface area (Å²) in [6.07, 6.45) is 0. The van der Waals surface area contributed by atoms with Gasteiger partial charge in [0.15, 0.2) is 0 Å². The van der Waals surface area contributed by atoms with Crippen LogP contribution in [-0.4, -0.2) is 15.4 Å². The molecule has 0 saturated carbocycles. The van der Waals surface area contributed by atoms with Crippen LogP contribution in [0.5, 0.6) is 0 Å². The van der Waals surface area contributed by atoms with Crippen LogP contribution in [0.4, 0.5) is 0 Å². The molecular formula is C15H24N2. The van der Waals surface area contributed by atoms with E-state index >= 15 is 0 Å². The zero-order valence-corrected chi connectivity index (χ0v) is 12.0. The minimum absolute atomic E-state index is 0.143. The third kappa shape index (κ3) is 2.52. The molecule has 0 bridgehead atoms. The molecule has 0 atom stereocenters. The number of hydrogen-bond donors (Lipinski definition) is 0. The van der Waals surface area contributed by atoms with E-state index in [9.17, 15) is 0 Å². The van der Waals surface area contributed by atoms with Gasteiger partial charge in [0.1, 0.15) is 0 Å². The molecular weight excluding hydrogens is 208 g/mol. The van der Waals surface area contributed by atoms with E-state index in [1.807, 2.05) is 0 Å². The van der Waals surface area contributed by atoms with Crippen molar-refractivity contribution in [2.75, 3.05) is 0 Å². The maximum Gasteiger partial charge on any atom is 0.0592 e. The predicted molar refractivity (Wildman–Crippen MR) is 71.9 cm³/mol. The Morgan fingerprint density at radius 3 is 2.18 bits per heavy atom. The van der Waals surface area contributed by atoms with Gasteiger partial charge in [0.2, 0.25) is 0 Å². The van der Waals surface area contributed by atoms with Gasteiger partial charge in [-0.1, -0.05) is 26.8 Å². The number of rotatable bonds is 0. The summed E-state index contributed by atoms with van der Waals surface area (Å²) in [5, 5.41) is 0. The van der Waals surface area contributed by atoms with Crippen molar-refractivity contribution in [3.8, 4) is 0 Å². The minimum atomic E-state index is 0.143. The van der Waals surface area contributed by atoms with Gasteiger partial charge in [0.25, 0.3) is 0 Å². The summed E-state index contributed by atoms with van der Waals surface area (Å²) in [7, 11) is 0. The molecule has 0 fully saturated rings. The Balaban J connectivity index is 2.29. The van der Waals surface area contributed by atoms with E-state index in [1.54, 1.807) is 0 Å². The maximum absolute atomic E-state index is 4.85. The second-order valence-corrected chi connectivity index (χ2v) is 7.08. The van der Waals surface area contributed by atoms with Crippen LogP contribution in [0.3, 0.4) is 0 Å². The van der Waals surface area contributed by atoms with Gasteiger partial charge in [-0.15, -0.1) is 0 Å². The molecule has 2 nitrogen and oxygen atoms in total. The van der Waals surface area contributed by atoms with E-state index in [0.29, 0.717) is 0 Å². The highest BCUT2D eigenvalue weighted by atomic mass is 15.2. The summed E-state index contributed by atoms with van der Waals surface area (Å²) in [5.41, 5.74) is 4.24. The second-order valence-electron chi connectivity index (χ2n) is 7.08. The molecule has 0 aliphatic carbocycles. The Bertz CT molecular complexity index is 422.